The third kappa shape index (κ3) is 6.63. The van der Waals surface area contributed by atoms with Gasteiger partial charge in [-0.25, -0.2) is 0 Å². The second kappa shape index (κ2) is 15.1. The molecule has 0 spiro atoms. The van der Waals surface area contributed by atoms with Crippen molar-refractivity contribution in [2.24, 2.45) is 56.7 Å². The fourth-order valence-electron chi connectivity index (χ4n) is 13.6. The van der Waals surface area contributed by atoms with Gasteiger partial charge >= 0.3 is 17.9 Å². The third-order valence-corrected chi connectivity index (χ3v) is 16.8. The van der Waals surface area contributed by atoms with Crippen molar-refractivity contribution >= 4 is 35.3 Å². The lowest BCUT2D eigenvalue weighted by molar-refractivity contribution is -0.255. The number of hydrogen-bond donors (Lipinski definition) is 1. The summed E-state index contributed by atoms with van der Waals surface area (Å²) in [6.45, 7) is 18.2. The van der Waals surface area contributed by atoms with Gasteiger partial charge in [-0.3, -0.25) is 24.0 Å². The molecule has 0 aliphatic heterocycles. The van der Waals surface area contributed by atoms with E-state index in [-0.39, 0.29) is 52.3 Å². The number of fused-ring (bicyclic) bond motifs is 7. The minimum Gasteiger partial charge on any atom is -0.465 e. The van der Waals surface area contributed by atoms with E-state index in [2.05, 4.69) is 46.0 Å². The summed E-state index contributed by atoms with van der Waals surface area (Å²) in [5, 5.41) is 3.34. The first kappa shape index (κ1) is 41.9. The summed E-state index contributed by atoms with van der Waals surface area (Å²) in [6, 6.07) is 16.5. The smallest absolute Gasteiger partial charge is 0.303 e. The Balaban J connectivity index is 1.23. The van der Waals surface area contributed by atoms with Crippen molar-refractivity contribution in [2.45, 2.75) is 126 Å². The van der Waals surface area contributed by atoms with Gasteiger partial charge in [0.1, 0.15) is 18.8 Å². The molecule has 5 aliphatic carbocycles. The van der Waals surface area contributed by atoms with Crippen molar-refractivity contribution in [3.8, 4) is 0 Å². The summed E-state index contributed by atoms with van der Waals surface area (Å²) in [7, 11) is 0. The van der Waals surface area contributed by atoms with Crippen molar-refractivity contribution in [1.82, 2.24) is 0 Å². The topological polar surface area (TPSA) is 125 Å². The van der Waals surface area contributed by atoms with Crippen LogP contribution in [0, 0.1) is 56.7 Å². The van der Waals surface area contributed by atoms with Crippen molar-refractivity contribution in [3.63, 3.8) is 0 Å². The highest BCUT2D eigenvalue weighted by Crippen LogP contribution is 2.76. The highest BCUT2D eigenvalue weighted by molar-refractivity contribution is 6.09. The van der Waals surface area contributed by atoms with E-state index in [1.807, 2.05) is 49.4 Å². The Morgan fingerprint density at radius 2 is 1.40 bits per heavy atom. The zero-order chi connectivity index (χ0) is 42.0. The standard InChI is InChI=1S/C49H63NO8/c1-29-21-24-49(44(55)50-36-17-15-35(16-18-36)42(54)34-13-11-10-12-14-34)26-25-47(8)37(41(49)30(29)2)19-20-40-45(6)27-38(57-32(4)52)43(58-33(5)53)46(7,28-56-31(3)51)39(45)22-23-48(40,47)9/h10-19,29-30,38-41,43H,20-28H2,1-9H3,(H,50,55)/t29-,30+,38-,39?,40?,41?,43+,45+,46+,47-,48-,49+/m1/s1. The second-order valence-corrected chi connectivity index (χ2v) is 19.7. The quantitative estimate of drug-likeness (QED) is 0.121. The average molecular weight is 794 g/mol. The van der Waals surface area contributed by atoms with Crippen LogP contribution in [0.2, 0.25) is 0 Å². The average Bonchev–Trinajstić information content (AvgIpc) is 3.17. The molecule has 0 bridgehead atoms. The number of esters is 3. The molecule has 0 heterocycles. The maximum Gasteiger partial charge on any atom is 0.303 e. The lowest BCUT2D eigenvalue weighted by Crippen LogP contribution is -2.69. The van der Waals surface area contributed by atoms with Crippen LogP contribution in [0.5, 0.6) is 0 Å². The predicted molar refractivity (Wildman–Crippen MR) is 221 cm³/mol. The number of nitrogens with one attached hydrogen (secondary N) is 1. The van der Waals surface area contributed by atoms with Gasteiger partial charge in [0.05, 0.1) is 5.41 Å². The Morgan fingerprint density at radius 3 is 2.03 bits per heavy atom. The highest BCUT2D eigenvalue weighted by Gasteiger charge is 2.72. The summed E-state index contributed by atoms with van der Waals surface area (Å²) >= 11 is 0. The van der Waals surface area contributed by atoms with Crippen LogP contribution in [-0.2, 0) is 33.4 Å². The van der Waals surface area contributed by atoms with Crippen LogP contribution in [0.15, 0.2) is 66.2 Å². The van der Waals surface area contributed by atoms with Crippen LogP contribution in [0.25, 0.3) is 0 Å². The molecule has 4 fully saturated rings. The van der Waals surface area contributed by atoms with Crippen molar-refractivity contribution in [3.05, 3.63) is 77.4 Å². The largest absolute Gasteiger partial charge is 0.465 e. The van der Waals surface area contributed by atoms with E-state index in [1.54, 1.807) is 12.1 Å². The monoisotopic (exact) mass is 793 g/mol. The predicted octanol–water partition coefficient (Wildman–Crippen LogP) is 9.53. The molecule has 0 aromatic heterocycles. The highest BCUT2D eigenvalue weighted by atomic mass is 16.6. The Morgan fingerprint density at radius 1 is 0.741 bits per heavy atom. The Kier molecular flexibility index (Phi) is 10.9. The molecule has 58 heavy (non-hydrogen) atoms. The SMILES string of the molecule is CC(=O)OC[C@@]1(C)C2CC[C@]3(C)C(CC=C4C5[C@@H](C)[C@H](C)CC[C@]5(C(=O)Nc5ccc(C(=O)c6ccccc6)cc5)CC[C@]43C)[C@@]2(C)C[C@@H](OC(C)=O)[C@@H]1OC(C)=O. The fourth-order valence-corrected chi connectivity index (χ4v) is 13.6. The summed E-state index contributed by atoms with van der Waals surface area (Å²) in [4.78, 5) is 65.6. The molecule has 9 heteroatoms. The van der Waals surface area contributed by atoms with Crippen LogP contribution in [0.3, 0.4) is 0 Å². The second-order valence-electron chi connectivity index (χ2n) is 19.7. The first-order valence-corrected chi connectivity index (χ1v) is 21.5. The number of rotatable bonds is 8. The minimum atomic E-state index is -0.795. The molecular formula is C49H63NO8. The molecule has 4 saturated carbocycles. The lowest BCUT2D eigenvalue weighted by Gasteiger charge is -2.72. The molecule has 2 aromatic carbocycles. The number of anilines is 1. The van der Waals surface area contributed by atoms with Crippen LogP contribution >= 0.6 is 0 Å². The normalized spacial score (nSPS) is 38.9. The van der Waals surface area contributed by atoms with Gasteiger partial charge < -0.3 is 19.5 Å². The molecule has 9 nitrogen and oxygen atoms in total. The number of ketones is 1. The first-order valence-electron chi connectivity index (χ1n) is 21.5. The van der Waals surface area contributed by atoms with E-state index < -0.39 is 40.9 Å². The molecule has 3 unspecified atom stereocenters. The molecule has 1 N–H and O–H groups in total. The number of amides is 1. The van der Waals surface area contributed by atoms with Gasteiger partial charge in [-0.2, -0.15) is 0 Å². The number of carbonyl (C=O) groups excluding carboxylic acids is 5. The number of allylic oxidation sites excluding steroid dienone is 2. The van der Waals surface area contributed by atoms with Gasteiger partial charge in [-0.1, -0.05) is 83.5 Å². The zero-order valence-electron chi connectivity index (χ0n) is 35.9. The number of hydrogen-bond acceptors (Lipinski definition) is 8. The molecular weight excluding hydrogens is 731 g/mol. The summed E-state index contributed by atoms with van der Waals surface area (Å²) in [5.74, 6) is -0.253. The molecule has 12 atom stereocenters. The molecule has 0 radical (unpaired) electrons. The van der Waals surface area contributed by atoms with Crippen LogP contribution in [0.4, 0.5) is 5.69 Å². The van der Waals surface area contributed by atoms with Gasteiger partial charge in [0, 0.05) is 43.0 Å². The molecule has 7 rings (SSSR count). The minimum absolute atomic E-state index is 0.0172. The van der Waals surface area contributed by atoms with E-state index in [1.165, 1.54) is 26.3 Å². The maximum atomic E-state index is 14.9. The maximum absolute atomic E-state index is 14.9. The van der Waals surface area contributed by atoms with Crippen LogP contribution in [-0.4, -0.2) is 48.4 Å². The van der Waals surface area contributed by atoms with E-state index in [4.69, 9.17) is 14.2 Å². The van der Waals surface area contributed by atoms with E-state index in [9.17, 15) is 24.0 Å². The van der Waals surface area contributed by atoms with E-state index in [0.29, 0.717) is 35.1 Å². The first-order chi connectivity index (χ1) is 27.3. The molecule has 0 saturated heterocycles. The zero-order valence-corrected chi connectivity index (χ0v) is 35.9. The fraction of sp³-hybridized carbons (Fsp3) is 0.612. The number of carbonyl (C=O) groups is 5. The molecule has 312 valence electrons. The van der Waals surface area contributed by atoms with Gasteiger partial charge in [-0.05, 0) is 121 Å². The third-order valence-electron chi connectivity index (χ3n) is 16.8. The van der Waals surface area contributed by atoms with Gasteiger partial charge in [-0.15, -0.1) is 0 Å². The summed E-state index contributed by atoms with van der Waals surface area (Å²) < 4.78 is 17.9. The van der Waals surface area contributed by atoms with Crippen molar-refractivity contribution in [1.29, 1.82) is 0 Å². The lowest BCUT2D eigenvalue weighted by atomic mass is 9.33. The van der Waals surface area contributed by atoms with Crippen molar-refractivity contribution in [2.75, 3.05) is 11.9 Å². The van der Waals surface area contributed by atoms with Gasteiger partial charge in [0.2, 0.25) is 5.91 Å². The van der Waals surface area contributed by atoms with Crippen molar-refractivity contribution < 1.29 is 38.2 Å². The van der Waals surface area contributed by atoms with Gasteiger partial charge in [0.25, 0.3) is 0 Å². The Hall–Kier alpha value is -4.27. The van der Waals surface area contributed by atoms with Crippen LogP contribution < -0.4 is 5.32 Å². The summed E-state index contributed by atoms with van der Waals surface area (Å²) in [6.07, 6.45) is 7.59. The van der Waals surface area contributed by atoms with Crippen LogP contribution in [0.1, 0.15) is 130 Å². The molecule has 2 aromatic rings. The van der Waals surface area contributed by atoms with Gasteiger partial charge in [0.15, 0.2) is 5.78 Å². The molecule has 5 aliphatic rings. The van der Waals surface area contributed by atoms with E-state index in [0.717, 1.165) is 44.9 Å². The Labute approximate surface area is 344 Å². The van der Waals surface area contributed by atoms with E-state index >= 15 is 0 Å². The number of ether oxygens (including phenoxy) is 3. The molecule has 1 amide bonds. The summed E-state index contributed by atoms with van der Waals surface area (Å²) in [5.41, 5.74) is 1.27. The Bertz CT molecular complexity index is 1990. The number of benzene rings is 2.